The van der Waals surface area contributed by atoms with Crippen LogP contribution in [0.25, 0.3) is 0 Å². The van der Waals surface area contributed by atoms with Crippen molar-refractivity contribution >= 4 is 5.71 Å². The first-order valence-corrected chi connectivity index (χ1v) is 7.32. The lowest BCUT2D eigenvalue weighted by Gasteiger charge is -2.36. The summed E-state index contributed by atoms with van der Waals surface area (Å²) in [5.74, 6) is 1.80. The number of hydrogen-bond donors (Lipinski definition) is 0. The Morgan fingerprint density at radius 1 is 1.00 bits per heavy atom. The van der Waals surface area contributed by atoms with Gasteiger partial charge in [-0.15, -0.1) is 0 Å². The number of hydrogen-bond acceptors (Lipinski definition) is 3. The predicted octanol–water partition coefficient (Wildman–Crippen LogP) is 3.11. The van der Waals surface area contributed by atoms with Crippen molar-refractivity contribution in [2.45, 2.75) is 37.5 Å². The summed E-state index contributed by atoms with van der Waals surface area (Å²) in [5, 5.41) is 0. The molecule has 3 nitrogen and oxygen atoms in total. The first-order valence-electron chi connectivity index (χ1n) is 7.32. The minimum Gasteiger partial charge on any atom is -0.486 e. The van der Waals surface area contributed by atoms with Crippen molar-refractivity contribution in [3.05, 3.63) is 23.8 Å². The second-order valence-corrected chi connectivity index (χ2v) is 5.73. The van der Waals surface area contributed by atoms with Crippen LogP contribution in [0.1, 0.15) is 37.7 Å². The largest absolute Gasteiger partial charge is 0.486 e. The van der Waals surface area contributed by atoms with E-state index in [1.165, 1.54) is 43.4 Å². The van der Waals surface area contributed by atoms with Gasteiger partial charge in [0.05, 0.1) is 0 Å². The molecule has 1 aromatic rings. The molecular weight excluding hydrogens is 238 g/mol. The SMILES string of the molecule is c1cc2c(cc1C13CCCCC1=NCC3)OCCO2. The number of fused-ring (bicyclic) bond motifs is 2. The number of rotatable bonds is 1. The lowest BCUT2D eigenvalue weighted by molar-refractivity contribution is 0.171. The highest BCUT2D eigenvalue weighted by atomic mass is 16.6. The molecule has 1 fully saturated rings. The average molecular weight is 257 g/mol. The smallest absolute Gasteiger partial charge is 0.161 e. The number of benzene rings is 1. The summed E-state index contributed by atoms with van der Waals surface area (Å²) in [6.07, 6.45) is 6.19. The Kier molecular flexibility index (Phi) is 2.54. The van der Waals surface area contributed by atoms with Gasteiger partial charge in [-0.25, -0.2) is 0 Å². The number of aliphatic imine (C=N–C) groups is 1. The van der Waals surface area contributed by atoms with Gasteiger partial charge in [-0.1, -0.05) is 12.5 Å². The third-order valence-electron chi connectivity index (χ3n) is 4.76. The van der Waals surface area contributed by atoms with E-state index < -0.39 is 0 Å². The summed E-state index contributed by atoms with van der Waals surface area (Å²) >= 11 is 0. The summed E-state index contributed by atoms with van der Waals surface area (Å²) in [6.45, 7) is 2.30. The van der Waals surface area contributed by atoms with Crippen LogP contribution < -0.4 is 9.47 Å². The fourth-order valence-electron chi connectivity index (χ4n) is 3.78. The highest BCUT2D eigenvalue weighted by Gasteiger charge is 2.42. The molecule has 4 rings (SSSR count). The summed E-state index contributed by atoms with van der Waals surface area (Å²) in [4.78, 5) is 4.76. The minimum atomic E-state index is 0.202. The Balaban J connectivity index is 1.77. The van der Waals surface area contributed by atoms with E-state index in [0.29, 0.717) is 13.2 Å². The van der Waals surface area contributed by atoms with Crippen LogP contribution >= 0.6 is 0 Å². The van der Waals surface area contributed by atoms with Crippen LogP contribution in [0, 0.1) is 0 Å². The maximum absolute atomic E-state index is 5.74. The molecule has 1 aromatic carbocycles. The Hall–Kier alpha value is -1.51. The van der Waals surface area contributed by atoms with E-state index in [9.17, 15) is 0 Å². The topological polar surface area (TPSA) is 30.8 Å². The fourth-order valence-corrected chi connectivity index (χ4v) is 3.78. The van der Waals surface area contributed by atoms with E-state index in [-0.39, 0.29) is 5.41 Å². The van der Waals surface area contributed by atoms with Crippen molar-refractivity contribution in [2.24, 2.45) is 4.99 Å². The van der Waals surface area contributed by atoms with Gasteiger partial charge in [0.15, 0.2) is 11.5 Å². The number of ether oxygens (including phenoxy) is 2. The van der Waals surface area contributed by atoms with Crippen LogP contribution in [0.3, 0.4) is 0 Å². The van der Waals surface area contributed by atoms with E-state index in [0.717, 1.165) is 18.0 Å². The third kappa shape index (κ3) is 1.67. The first kappa shape index (κ1) is 11.3. The Morgan fingerprint density at radius 2 is 1.89 bits per heavy atom. The molecule has 1 atom stereocenters. The Bertz CT molecular complexity index is 538. The minimum absolute atomic E-state index is 0.202. The highest BCUT2D eigenvalue weighted by molar-refractivity contribution is 5.97. The third-order valence-corrected chi connectivity index (χ3v) is 4.76. The van der Waals surface area contributed by atoms with Gasteiger partial charge in [0.1, 0.15) is 13.2 Å². The molecule has 0 saturated heterocycles. The molecule has 0 spiro atoms. The molecule has 0 bridgehead atoms. The van der Waals surface area contributed by atoms with Crippen LogP contribution in [-0.2, 0) is 5.41 Å². The van der Waals surface area contributed by atoms with Gasteiger partial charge in [-0.05, 0) is 43.4 Å². The summed E-state index contributed by atoms with van der Waals surface area (Å²) in [7, 11) is 0. The lowest BCUT2D eigenvalue weighted by Crippen LogP contribution is -2.35. The quantitative estimate of drug-likeness (QED) is 0.774. The molecule has 0 radical (unpaired) electrons. The van der Waals surface area contributed by atoms with Crippen LogP contribution in [0.4, 0.5) is 0 Å². The highest BCUT2D eigenvalue weighted by Crippen LogP contribution is 2.45. The molecule has 2 heterocycles. The summed E-state index contributed by atoms with van der Waals surface area (Å²) in [5.41, 5.74) is 3.01. The maximum atomic E-state index is 5.74. The normalized spacial score (nSPS) is 28.7. The van der Waals surface area contributed by atoms with E-state index in [1.54, 1.807) is 0 Å². The molecular formula is C16H19NO2. The van der Waals surface area contributed by atoms with Crippen LogP contribution in [-0.4, -0.2) is 25.5 Å². The standard InChI is InChI=1S/C16H19NO2/c1-2-6-16(7-8-17-15(16)3-1)12-4-5-13-14(11-12)19-10-9-18-13/h4-5,11H,1-3,6-10H2. The van der Waals surface area contributed by atoms with Crippen molar-refractivity contribution in [3.8, 4) is 11.5 Å². The summed E-state index contributed by atoms with van der Waals surface area (Å²) < 4.78 is 11.4. The predicted molar refractivity (Wildman–Crippen MR) is 74.5 cm³/mol. The van der Waals surface area contributed by atoms with E-state index in [1.807, 2.05) is 0 Å². The van der Waals surface area contributed by atoms with Gasteiger partial charge in [0.25, 0.3) is 0 Å². The lowest BCUT2D eigenvalue weighted by atomic mass is 9.67. The second kappa shape index (κ2) is 4.26. The molecule has 0 amide bonds. The van der Waals surface area contributed by atoms with E-state index >= 15 is 0 Å². The molecule has 19 heavy (non-hydrogen) atoms. The van der Waals surface area contributed by atoms with Gasteiger partial charge in [-0.2, -0.15) is 0 Å². The van der Waals surface area contributed by atoms with E-state index in [4.69, 9.17) is 14.5 Å². The van der Waals surface area contributed by atoms with Gasteiger partial charge >= 0.3 is 0 Å². The maximum Gasteiger partial charge on any atom is 0.161 e. The zero-order valence-corrected chi connectivity index (χ0v) is 11.2. The average Bonchev–Trinajstić information content (AvgIpc) is 2.92. The molecule has 0 N–H and O–H groups in total. The van der Waals surface area contributed by atoms with Gasteiger partial charge in [0, 0.05) is 17.7 Å². The van der Waals surface area contributed by atoms with Crippen LogP contribution in [0.5, 0.6) is 11.5 Å². The molecule has 3 aliphatic rings. The zero-order chi connectivity index (χ0) is 12.7. The van der Waals surface area contributed by atoms with Gasteiger partial charge in [-0.3, -0.25) is 4.99 Å². The van der Waals surface area contributed by atoms with Crippen molar-refractivity contribution < 1.29 is 9.47 Å². The Morgan fingerprint density at radius 3 is 2.84 bits per heavy atom. The first-order chi connectivity index (χ1) is 9.38. The van der Waals surface area contributed by atoms with Crippen LogP contribution in [0.2, 0.25) is 0 Å². The molecule has 100 valence electrons. The molecule has 1 saturated carbocycles. The zero-order valence-electron chi connectivity index (χ0n) is 11.2. The second-order valence-electron chi connectivity index (χ2n) is 5.73. The van der Waals surface area contributed by atoms with Gasteiger partial charge in [0.2, 0.25) is 0 Å². The molecule has 1 unspecified atom stereocenters. The summed E-state index contributed by atoms with van der Waals surface area (Å²) in [6, 6.07) is 6.49. The van der Waals surface area contributed by atoms with Crippen molar-refractivity contribution in [3.63, 3.8) is 0 Å². The molecule has 2 aliphatic heterocycles. The van der Waals surface area contributed by atoms with E-state index in [2.05, 4.69) is 18.2 Å². The number of nitrogens with zero attached hydrogens (tertiary/aromatic N) is 1. The van der Waals surface area contributed by atoms with Crippen LogP contribution in [0.15, 0.2) is 23.2 Å². The molecule has 3 heteroatoms. The fraction of sp³-hybridized carbons (Fsp3) is 0.562. The Labute approximate surface area is 113 Å². The van der Waals surface area contributed by atoms with Crippen molar-refractivity contribution in [1.82, 2.24) is 0 Å². The molecule has 0 aromatic heterocycles. The van der Waals surface area contributed by atoms with Gasteiger partial charge < -0.3 is 9.47 Å². The van der Waals surface area contributed by atoms with Crippen molar-refractivity contribution in [2.75, 3.05) is 19.8 Å². The monoisotopic (exact) mass is 257 g/mol. The van der Waals surface area contributed by atoms with Crippen molar-refractivity contribution in [1.29, 1.82) is 0 Å². The molecule has 1 aliphatic carbocycles.